The molecule has 0 saturated carbocycles. The van der Waals surface area contributed by atoms with Crippen LogP contribution in [0.2, 0.25) is 0 Å². The second kappa shape index (κ2) is 7.71. The van der Waals surface area contributed by atoms with Crippen molar-refractivity contribution in [2.24, 2.45) is 0 Å². The molecule has 0 spiro atoms. The van der Waals surface area contributed by atoms with Gasteiger partial charge >= 0.3 is 0 Å². The van der Waals surface area contributed by atoms with Crippen molar-refractivity contribution in [2.45, 2.75) is 13.8 Å². The third kappa shape index (κ3) is 3.75. The van der Waals surface area contributed by atoms with Crippen molar-refractivity contribution in [3.63, 3.8) is 0 Å². The van der Waals surface area contributed by atoms with Crippen LogP contribution < -0.4 is 15.1 Å². The molecule has 1 saturated heterocycles. The maximum atomic E-state index is 13.2. The van der Waals surface area contributed by atoms with Crippen LogP contribution in [0.1, 0.15) is 19.6 Å². The molecular weight excluding hydrogens is 369 g/mol. The highest BCUT2D eigenvalue weighted by Gasteiger charge is 2.34. The molecular formula is C19H18FN3O3S. The van der Waals surface area contributed by atoms with Gasteiger partial charge in [-0.2, -0.15) is 0 Å². The summed E-state index contributed by atoms with van der Waals surface area (Å²) in [7, 11) is 0. The predicted octanol–water partition coefficient (Wildman–Crippen LogP) is 3.10. The maximum absolute atomic E-state index is 13.2. The molecule has 2 heterocycles. The molecule has 0 radical (unpaired) electrons. The number of nitrogens with one attached hydrogen (secondary N) is 1. The van der Waals surface area contributed by atoms with Crippen LogP contribution in [0.25, 0.3) is 6.08 Å². The molecule has 3 rings (SSSR count). The average Bonchev–Trinajstić information content (AvgIpc) is 3.10. The molecule has 1 fully saturated rings. The Kier molecular flexibility index (Phi) is 5.36. The van der Waals surface area contributed by atoms with E-state index in [0.29, 0.717) is 17.3 Å². The Labute approximate surface area is 161 Å². The van der Waals surface area contributed by atoms with Crippen LogP contribution in [0.15, 0.2) is 46.4 Å². The standard InChI is InChI=1S/C19H18FN3O3S/c1-3-22(4-2)16-10-9-14(26-16)11-15-17(24)21-19(27)23(18(15)25)13-7-5-12(20)6-8-13/h5-11H,3-4H2,1-2H3,(H,21,24,27)/b15-11+. The summed E-state index contributed by atoms with van der Waals surface area (Å²) in [6.07, 6.45) is 1.38. The monoisotopic (exact) mass is 387 g/mol. The lowest BCUT2D eigenvalue weighted by atomic mass is 10.1. The molecule has 1 aromatic heterocycles. The summed E-state index contributed by atoms with van der Waals surface area (Å²) in [5, 5.41) is 2.42. The number of benzene rings is 1. The van der Waals surface area contributed by atoms with E-state index in [1.165, 1.54) is 30.3 Å². The molecule has 140 valence electrons. The summed E-state index contributed by atoms with van der Waals surface area (Å²) in [5.41, 5.74) is 0.244. The van der Waals surface area contributed by atoms with Gasteiger partial charge in [0, 0.05) is 19.2 Å². The normalized spacial score (nSPS) is 16.0. The molecule has 1 aromatic carbocycles. The van der Waals surface area contributed by atoms with Gasteiger partial charge in [0.2, 0.25) is 0 Å². The molecule has 1 N–H and O–H groups in total. The Morgan fingerprint density at radius 1 is 1.15 bits per heavy atom. The van der Waals surface area contributed by atoms with Gasteiger partial charge in [0.05, 0.1) is 5.69 Å². The summed E-state index contributed by atoms with van der Waals surface area (Å²) < 4.78 is 18.9. The van der Waals surface area contributed by atoms with Crippen molar-refractivity contribution >= 4 is 46.8 Å². The van der Waals surface area contributed by atoms with E-state index in [2.05, 4.69) is 5.32 Å². The van der Waals surface area contributed by atoms with E-state index in [1.54, 1.807) is 12.1 Å². The molecule has 1 aliphatic rings. The van der Waals surface area contributed by atoms with E-state index in [9.17, 15) is 14.0 Å². The molecule has 2 amide bonds. The van der Waals surface area contributed by atoms with Crippen molar-refractivity contribution in [3.05, 3.63) is 53.5 Å². The molecule has 0 aliphatic carbocycles. The van der Waals surface area contributed by atoms with Gasteiger partial charge in [-0.1, -0.05) is 0 Å². The Balaban J connectivity index is 1.93. The fourth-order valence-corrected chi connectivity index (χ4v) is 3.03. The predicted molar refractivity (Wildman–Crippen MR) is 105 cm³/mol. The van der Waals surface area contributed by atoms with Crippen LogP contribution in [0.3, 0.4) is 0 Å². The van der Waals surface area contributed by atoms with Crippen LogP contribution in [-0.4, -0.2) is 30.0 Å². The SMILES string of the molecule is CCN(CC)c1ccc(/C=C2\C(=O)NC(=S)N(c3ccc(F)cc3)C2=O)o1. The molecule has 6 nitrogen and oxygen atoms in total. The number of carbonyl (C=O) groups excluding carboxylic acids is 2. The Morgan fingerprint density at radius 2 is 1.81 bits per heavy atom. The highest BCUT2D eigenvalue weighted by atomic mass is 32.1. The van der Waals surface area contributed by atoms with E-state index < -0.39 is 17.6 Å². The van der Waals surface area contributed by atoms with E-state index in [1.807, 2.05) is 18.7 Å². The van der Waals surface area contributed by atoms with E-state index in [-0.39, 0.29) is 10.7 Å². The van der Waals surface area contributed by atoms with E-state index in [0.717, 1.165) is 18.0 Å². The number of nitrogens with zero attached hydrogens (tertiary/aromatic N) is 2. The van der Waals surface area contributed by atoms with Crippen molar-refractivity contribution in [1.29, 1.82) is 0 Å². The minimum absolute atomic E-state index is 0.0583. The summed E-state index contributed by atoms with van der Waals surface area (Å²) in [4.78, 5) is 28.3. The largest absolute Gasteiger partial charge is 0.441 e. The van der Waals surface area contributed by atoms with Crippen molar-refractivity contribution in [3.8, 4) is 0 Å². The topological polar surface area (TPSA) is 65.8 Å². The highest BCUT2D eigenvalue weighted by molar-refractivity contribution is 7.80. The van der Waals surface area contributed by atoms with Crippen molar-refractivity contribution < 1.29 is 18.4 Å². The van der Waals surface area contributed by atoms with Crippen LogP contribution >= 0.6 is 12.2 Å². The molecule has 2 aromatic rings. The minimum Gasteiger partial charge on any atom is -0.441 e. The number of thiocarbonyl (C=S) groups is 1. The first-order chi connectivity index (χ1) is 12.9. The molecule has 27 heavy (non-hydrogen) atoms. The maximum Gasteiger partial charge on any atom is 0.270 e. The highest BCUT2D eigenvalue weighted by Crippen LogP contribution is 2.24. The third-order valence-electron chi connectivity index (χ3n) is 4.16. The third-order valence-corrected chi connectivity index (χ3v) is 4.45. The molecule has 0 unspecified atom stereocenters. The lowest BCUT2D eigenvalue weighted by molar-refractivity contribution is -0.122. The number of hydrogen-bond donors (Lipinski definition) is 1. The van der Waals surface area contributed by atoms with Crippen LogP contribution in [0, 0.1) is 5.82 Å². The minimum atomic E-state index is -0.607. The average molecular weight is 387 g/mol. The van der Waals surface area contributed by atoms with Gasteiger partial charge in [0.25, 0.3) is 11.8 Å². The quantitative estimate of drug-likeness (QED) is 0.485. The molecule has 0 bridgehead atoms. The van der Waals surface area contributed by atoms with Crippen molar-refractivity contribution in [1.82, 2.24) is 5.32 Å². The Morgan fingerprint density at radius 3 is 2.44 bits per heavy atom. The van der Waals surface area contributed by atoms with E-state index >= 15 is 0 Å². The Hall–Kier alpha value is -3.00. The van der Waals surface area contributed by atoms with Gasteiger partial charge in [-0.25, -0.2) is 4.39 Å². The fourth-order valence-electron chi connectivity index (χ4n) is 2.75. The van der Waals surface area contributed by atoms with Gasteiger partial charge < -0.3 is 9.32 Å². The molecule has 8 heteroatoms. The lowest BCUT2D eigenvalue weighted by Crippen LogP contribution is -2.54. The zero-order chi connectivity index (χ0) is 19.6. The van der Waals surface area contributed by atoms with Gasteiger partial charge in [-0.05, 0) is 62.5 Å². The number of rotatable bonds is 5. The summed E-state index contributed by atoms with van der Waals surface area (Å²) in [6.45, 7) is 5.55. The second-order valence-corrected chi connectivity index (χ2v) is 6.17. The van der Waals surface area contributed by atoms with Gasteiger partial charge in [-0.15, -0.1) is 0 Å². The number of carbonyl (C=O) groups is 2. The van der Waals surface area contributed by atoms with Gasteiger partial charge in [-0.3, -0.25) is 19.8 Å². The molecule has 1 aliphatic heterocycles. The van der Waals surface area contributed by atoms with Crippen LogP contribution in [0.4, 0.5) is 16.0 Å². The zero-order valence-electron chi connectivity index (χ0n) is 14.9. The number of anilines is 2. The number of amides is 2. The zero-order valence-corrected chi connectivity index (χ0v) is 15.7. The Bertz CT molecular complexity index is 917. The number of furan rings is 1. The van der Waals surface area contributed by atoms with Gasteiger partial charge in [0.15, 0.2) is 11.0 Å². The first kappa shape index (κ1) is 18.8. The lowest BCUT2D eigenvalue weighted by Gasteiger charge is -2.28. The van der Waals surface area contributed by atoms with Gasteiger partial charge in [0.1, 0.15) is 17.2 Å². The van der Waals surface area contributed by atoms with Crippen molar-refractivity contribution in [2.75, 3.05) is 22.9 Å². The second-order valence-electron chi connectivity index (χ2n) is 5.78. The fraction of sp³-hybridized carbons (Fsp3) is 0.211. The summed E-state index contributed by atoms with van der Waals surface area (Å²) in [6, 6.07) is 8.74. The van der Waals surface area contributed by atoms with Crippen LogP contribution in [0.5, 0.6) is 0 Å². The first-order valence-electron chi connectivity index (χ1n) is 8.46. The first-order valence-corrected chi connectivity index (χ1v) is 8.87. The number of halogens is 1. The summed E-state index contributed by atoms with van der Waals surface area (Å²) in [5.74, 6) is -0.613. The van der Waals surface area contributed by atoms with Crippen LogP contribution in [-0.2, 0) is 9.59 Å². The summed E-state index contributed by atoms with van der Waals surface area (Å²) >= 11 is 5.11. The molecule has 0 atom stereocenters. The van der Waals surface area contributed by atoms with E-state index in [4.69, 9.17) is 16.6 Å². The number of hydrogen-bond acceptors (Lipinski definition) is 5. The smallest absolute Gasteiger partial charge is 0.270 e.